The Morgan fingerprint density at radius 3 is 2.19 bits per heavy atom. The zero-order valence-electron chi connectivity index (χ0n) is 16.4. The number of carbonyl (C=O) groups is 2. The summed E-state index contributed by atoms with van der Waals surface area (Å²) >= 11 is 6.17. The lowest BCUT2D eigenvalue weighted by atomic mass is 9.79. The van der Waals surface area contributed by atoms with Crippen molar-refractivity contribution in [1.29, 1.82) is 0 Å². The van der Waals surface area contributed by atoms with Crippen LogP contribution in [0, 0.1) is 13.8 Å². The summed E-state index contributed by atoms with van der Waals surface area (Å²) in [6, 6.07) is 3.63. The number of hydrogen-bond donors (Lipinski definition) is 0. The summed E-state index contributed by atoms with van der Waals surface area (Å²) in [5.74, 6) is -0.614. The summed E-state index contributed by atoms with van der Waals surface area (Å²) < 4.78 is 5.12. The normalized spacial score (nSPS) is 19.9. The second-order valence-electron chi connectivity index (χ2n) is 7.16. The van der Waals surface area contributed by atoms with Crippen LogP contribution in [0.2, 0.25) is 5.02 Å². The molecular formula is C20H25ClN2O4. The Balaban J connectivity index is 2.24. The van der Waals surface area contributed by atoms with E-state index in [2.05, 4.69) is 0 Å². The molecule has 2 heterocycles. The lowest BCUT2D eigenvalue weighted by Gasteiger charge is -2.43. The number of aryl methyl sites for hydroxylation is 2. The third-order valence-electron chi connectivity index (χ3n) is 5.82. The maximum atomic E-state index is 13.3. The minimum atomic E-state index is -0.687. The van der Waals surface area contributed by atoms with Gasteiger partial charge < -0.3 is 14.5 Å². The number of benzene rings is 1. The van der Waals surface area contributed by atoms with Crippen molar-refractivity contribution in [2.24, 2.45) is 0 Å². The predicted molar refractivity (Wildman–Crippen MR) is 103 cm³/mol. The van der Waals surface area contributed by atoms with E-state index in [4.69, 9.17) is 21.2 Å². The van der Waals surface area contributed by atoms with Crippen LogP contribution in [0.15, 0.2) is 17.7 Å². The molecule has 0 saturated carbocycles. The third kappa shape index (κ3) is 3.06. The van der Waals surface area contributed by atoms with Crippen LogP contribution in [0.1, 0.15) is 29.5 Å². The summed E-state index contributed by atoms with van der Waals surface area (Å²) in [4.78, 5) is 33.2. The molecule has 1 spiro atoms. The van der Waals surface area contributed by atoms with Crippen molar-refractivity contribution in [2.75, 3.05) is 34.4 Å². The number of hydrogen-bond acceptors (Lipinski definition) is 5. The van der Waals surface area contributed by atoms with E-state index in [1.54, 1.807) is 19.1 Å². The van der Waals surface area contributed by atoms with E-state index in [1.807, 2.05) is 31.0 Å². The number of piperidine rings is 1. The number of ether oxygens (including phenoxy) is 1. The number of methoxy groups -OCH3 is 1. The van der Waals surface area contributed by atoms with Gasteiger partial charge in [0.2, 0.25) is 0 Å². The Labute approximate surface area is 164 Å². The largest absolute Gasteiger partial charge is 0.466 e. The Kier molecular flexibility index (Phi) is 5.34. The first kappa shape index (κ1) is 19.9. The first-order chi connectivity index (χ1) is 12.8. The van der Waals surface area contributed by atoms with Gasteiger partial charge in [-0.1, -0.05) is 11.6 Å². The van der Waals surface area contributed by atoms with Crippen LogP contribution in [0.5, 0.6) is 0 Å². The van der Waals surface area contributed by atoms with Crippen LogP contribution in [-0.4, -0.2) is 61.7 Å². The van der Waals surface area contributed by atoms with Crippen molar-refractivity contribution in [3.8, 4) is 0 Å². The van der Waals surface area contributed by atoms with Crippen molar-refractivity contribution in [2.45, 2.75) is 32.2 Å². The first-order valence-electron chi connectivity index (χ1n) is 8.94. The number of nitrogens with zero attached hydrogens (tertiary/aromatic N) is 2. The van der Waals surface area contributed by atoms with E-state index in [0.717, 1.165) is 16.7 Å². The SMILES string of the molecule is COC(=O)C1=C(c2c(C)cc(Cl)cc2C)C(=O)N(C)C12CCN(OC)CC2. The van der Waals surface area contributed by atoms with Crippen molar-refractivity contribution in [1.82, 2.24) is 9.96 Å². The zero-order valence-corrected chi connectivity index (χ0v) is 17.1. The van der Waals surface area contributed by atoms with Crippen molar-refractivity contribution in [3.05, 3.63) is 39.4 Å². The number of likely N-dealkylation sites (N-methyl/N-ethyl adjacent to an activating group) is 1. The summed E-state index contributed by atoms with van der Waals surface area (Å²) in [7, 11) is 4.75. The fourth-order valence-electron chi connectivity index (χ4n) is 4.42. The predicted octanol–water partition coefficient (Wildman–Crippen LogP) is 2.75. The van der Waals surface area contributed by atoms with Crippen LogP contribution in [0.3, 0.4) is 0 Å². The molecule has 3 rings (SSSR count). The molecule has 27 heavy (non-hydrogen) atoms. The van der Waals surface area contributed by atoms with Gasteiger partial charge in [0.15, 0.2) is 0 Å². The Bertz CT molecular complexity index is 802. The topological polar surface area (TPSA) is 59.1 Å². The molecule has 1 amide bonds. The lowest BCUT2D eigenvalue weighted by molar-refractivity contribution is -0.162. The molecule has 6 nitrogen and oxygen atoms in total. The van der Waals surface area contributed by atoms with Crippen LogP contribution < -0.4 is 0 Å². The van der Waals surface area contributed by atoms with Crippen molar-refractivity contribution in [3.63, 3.8) is 0 Å². The maximum absolute atomic E-state index is 13.3. The van der Waals surface area contributed by atoms with Gasteiger partial charge in [0.25, 0.3) is 5.91 Å². The fraction of sp³-hybridized carbons (Fsp3) is 0.500. The molecule has 0 aromatic heterocycles. The highest BCUT2D eigenvalue weighted by Crippen LogP contribution is 2.47. The number of esters is 1. The average molecular weight is 393 g/mol. The fourth-order valence-corrected chi connectivity index (χ4v) is 4.75. The van der Waals surface area contributed by atoms with Crippen LogP contribution in [0.25, 0.3) is 5.57 Å². The molecule has 1 aromatic carbocycles. The number of amides is 1. The van der Waals surface area contributed by atoms with Crippen LogP contribution >= 0.6 is 11.6 Å². The molecule has 2 aliphatic heterocycles. The summed E-state index contributed by atoms with van der Waals surface area (Å²) in [6.45, 7) is 5.06. The van der Waals surface area contributed by atoms with Gasteiger partial charge in [0.1, 0.15) is 0 Å². The molecule has 2 aliphatic rings. The van der Waals surface area contributed by atoms with Gasteiger partial charge in [-0.3, -0.25) is 4.79 Å². The minimum absolute atomic E-state index is 0.158. The third-order valence-corrected chi connectivity index (χ3v) is 6.04. The van der Waals surface area contributed by atoms with E-state index in [-0.39, 0.29) is 5.91 Å². The van der Waals surface area contributed by atoms with E-state index in [9.17, 15) is 9.59 Å². The minimum Gasteiger partial charge on any atom is -0.466 e. The van der Waals surface area contributed by atoms with E-state index < -0.39 is 11.5 Å². The monoisotopic (exact) mass is 392 g/mol. The molecule has 0 unspecified atom stereocenters. The van der Waals surface area contributed by atoms with Gasteiger partial charge >= 0.3 is 5.97 Å². The van der Waals surface area contributed by atoms with E-state index >= 15 is 0 Å². The standard InChI is InChI=1S/C20H25ClN2O4/c1-12-10-14(21)11-13(2)15(12)16-17(19(25)26-4)20(22(3)18(16)24)6-8-23(27-5)9-7-20/h10-11H,6-9H2,1-5H3. The summed E-state index contributed by atoms with van der Waals surface area (Å²) in [6.07, 6.45) is 1.20. The second-order valence-corrected chi connectivity index (χ2v) is 7.60. The van der Waals surface area contributed by atoms with Gasteiger partial charge in [-0.15, -0.1) is 0 Å². The second kappa shape index (κ2) is 7.26. The van der Waals surface area contributed by atoms with Crippen LogP contribution in [-0.2, 0) is 19.2 Å². The van der Waals surface area contributed by atoms with E-state index in [1.165, 1.54) is 7.11 Å². The smallest absolute Gasteiger partial charge is 0.336 e. The van der Waals surface area contributed by atoms with Gasteiger partial charge in [0.05, 0.1) is 30.9 Å². The number of halogens is 1. The van der Waals surface area contributed by atoms with Gasteiger partial charge in [-0.2, -0.15) is 5.06 Å². The first-order valence-corrected chi connectivity index (χ1v) is 9.32. The molecule has 0 N–H and O–H groups in total. The Morgan fingerprint density at radius 2 is 1.70 bits per heavy atom. The molecule has 1 aromatic rings. The maximum Gasteiger partial charge on any atom is 0.336 e. The highest BCUT2D eigenvalue weighted by Gasteiger charge is 2.54. The van der Waals surface area contributed by atoms with Crippen LogP contribution in [0.4, 0.5) is 0 Å². The zero-order chi connectivity index (χ0) is 19.9. The molecular weight excluding hydrogens is 368 g/mol. The van der Waals surface area contributed by atoms with E-state index in [0.29, 0.717) is 42.1 Å². The molecule has 146 valence electrons. The molecule has 0 aliphatic carbocycles. The quantitative estimate of drug-likeness (QED) is 0.740. The number of hydroxylamine groups is 2. The van der Waals surface area contributed by atoms with Crippen molar-refractivity contribution >= 4 is 29.1 Å². The highest BCUT2D eigenvalue weighted by molar-refractivity contribution is 6.32. The summed E-state index contributed by atoms with van der Waals surface area (Å²) in [5.41, 5.74) is 2.69. The highest BCUT2D eigenvalue weighted by atomic mass is 35.5. The summed E-state index contributed by atoms with van der Waals surface area (Å²) in [5, 5.41) is 2.45. The molecule has 1 saturated heterocycles. The number of carbonyl (C=O) groups excluding carboxylic acids is 2. The molecule has 1 fully saturated rings. The van der Waals surface area contributed by atoms with Crippen molar-refractivity contribution < 1.29 is 19.2 Å². The van der Waals surface area contributed by atoms with Gasteiger partial charge in [-0.25, -0.2) is 4.79 Å². The molecule has 7 heteroatoms. The Morgan fingerprint density at radius 1 is 1.15 bits per heavy atom. The molecule has 0 bridgehead atoms. The van der Waals surface area contributed by atoms with Gasteiger partial charge in [-0.05, 0) is 55.5 Å². The molecule has 0 atom stereocenters. The average Bonchev–Trinajstić information content (AvgIpc) is 2.83. The lowest BCUT2D eigenvalue weighted by Crippen LogP contribution is -2.54. The molecule has 0 radical (unpaired) electrons. The Hall–Kier alpha value is -1.89. The number of rotatable bonds is 3. The van der Waals surface area contributed by atoms with Gasteiger partial charge in [0, 0.05) is 25.2 Å².